The predicted molar refractivity (Wildman–Crippen MR) is 80.1 cm³/mol. The number of aromatic amines is 1. The third-order valence-corrected chi connectivity index (χ3v) is 5.78. The number of fused-ring (bicyclic) bond motifs is 1. The van der Waals surface area contributed by atoms with E-state index in [1.54, 1.807) is 6.07 Å². The molecule has 1 aliphatic carbocycles. The molecule has 0 spiro atoms. The summed E-state index contributed by atoms with van der Waals surface area (Å²) in [6, 6.07) is 7.41. The van der Waals surface area contributed by atoms with Crippen LogP contribution in [0.5, 0.6) is 0 Å². The van der Waals surface area contributed by atoms with Crippen molar-refractivity contribution in [1.29, 1.82) is 0 Å². The summed E-state index contributed by atoms with van der Waals surface area (Å²) in [5, 5.41) is 10.4. The van der Waals surface area contributed by atoms with Gasteiger partial charge in [0, 0.05) is 29.9 Å². The number of hydrogen-bond acceptors (Lipinski definition) is 4. The molecule has 1 fully saturated rings. The van der Waals surface area contributed by atoms with E-state index in [1.165, 1.54) is 0 Å². The van der Waals surface area contributed by atoms with Crippen molar-refractivity contribution < 1.29 is 8.42 Å². The molecule has 7 heteroatoms. The molecule has 2 aliphatic rings. The zero-order chi connectivity index (χ0) is 14.4. The maximum Gasteiger partial charge on any atom is 0.235 e. The molecule has 1 aromatic heterocycles. The molecule has 1 aliphatic heterocycles. The quantitative estimate of drug-likeness (QED) is 0.800. The topological polar surface area (TPSA) is 86.9 Å². The first kappa shape index (κ1) is 12.8. The Morgan fingerprint density at radius 2 is 2.10 bits per heavy atom. The molecule has 110 valence electrons. The van der Waals surface area contributed by atoms with Crippen LogP contribution in [-0.4, -0.2) is 23.9 Å². The van der Waals surface area contributed by atoms with Crippen molar-refractivity contribution in [3.8, 4) is 11.3 Å². The minimum atomic E-state index is -3.23. The Morgan fingerprint density at radius 1 is 1.24 bits per heavy atom. The summed E-state index contributed by atoms with van der Waals surface area (Å²) in [5.41, 5.74) is 4.68. The molecule has 0 bridgehead atoms. The number of benzene rings is 1. The van der Waals surface area contributed by atoms with Crippen LogP contribution in [0.15, 0.2) is 24.3 Å². The van der Waals surface area contributed by atoms with Gasteiger partial charge in [0.25, 0.3) is 0 Å². The van der Waals surface area contributed by atoms with E-state index in [0.717, 1.165) is 48.4 Å². The van der Waals surface area contributed by atoms with Gasteiger partial charge in [-0.05, 0) is 25.0 Å². The highest BCUT2D eigenvalue weighted by Gasteiger charge is 2.35. The molecule has 0 radical (unpaired) electrons. The average Bonchev–Trinajstić information content (AvgIpc) is 3.09. The van der Waals surface area contributed by atoms with Crippen LogP contribution in [0.1, 0.15) is 24.1 Å². The first-order valence-corrected chi connectivity index (χ1v) is 8.57. The molecular formula is C14H16N4O2S. The van der Waals surface area contributed by atoms with Crippen molar-refractivity contribution in [1.82, 2.24) is 15.5 Å². The molecule has 2 heterocycles. The lowest BCUT2D eigenvalue weighted by molar-refractivity contribution is 0.600. The largest absolute Gasteiger partial charge is 0.307 e. The minimum absolute atomic E-state index is 0.222. The average molecular weight is 304 g/mol. The number of hydrogen-bond donors (Lipinski definition) is 3. The van der Waals surface area contributed by atoms with Gasteiger partial charge in [0.05, 0.1) is 16.6 Å². The highest BCUT2D eigenvalue weighted by atomic mass is 32.2. The van der Waals surface area contributed by atoms with Gasteiger partial charge >= 0.3 is 0 Å². The molecule has 6 nitrogen and oxygen atoms in total. The fourth-order valence-corrected chi connectivity index (χ4v) is 4.02. The van der Waals surface area contributed by atoms with Gasteiger partial charge in [-0.15, -0.1) is 0 Å². The zero-order valence-corrected chi connectivity index (χ0v) is 12.2. The number of anilines is 1. The Labute approximate surface area is 123 Å². The van der Waals surface area contributed by atoms with Gasteiger partial charge < -0.3 is 5.32 Å². The van der Waals surface area contributed by atoms with Crippen LogP contribution in [-0.2, 0) is 23.1 Å². The Morgan fingerprint density at radius 3 is 2.90 bits per heavy atom. The summed E-state index contributed by atoms with van der Waals surface area (Å²) in [4.78, 5) is 0. The van der Waals surface area contributed by atoms with Crippen molar-refractivity contribution in [2.45, 2.75) is 31.2 Å². The summed E-state index contributed by atoms with van der Waals surface area (Å²) in [5.74, 6) is 0. The summed E-state index contributed by atoms with van der Waals surface area (Å²) in [6.07, 6.45) is 1.52. The molecular weight excluding hydrogens is 288 g/mol. The fraction of sp³-hybridized carbons (Fsp3) is 0.357. The molecule has 21 heavy (non-hydrogen) atoms. The second-order valence-corrected chi connectivity index (χ2v) is 7.52. The predicted octanol–water partition coefficient (Wildman–Crippen LogP) is 1.58. The van der Waals surface area contributed by atoms with Crippen LogP contribution in [0.25, 0.3) is 11.3 Å². The van der Waals surface area contributed by atoms with Crippen LogP contribution in [0.4, 0.5) is 5.69 Å². The van der Waals surface area contributed by atoms with E-state index in [2.05, 4.69) is 20.2 Å². The lowest BCUT2D eigenvalue weighted by Crippen LogP contribution is -2.17. The standard InChI is InChI=1S/C14H16N4O2S/c19-21(20,11-4-5-11)18-10-3-1-2-9(6-10)14-12-7-15-8-13(12)16-17-14/h1-3,6,11,15,18H,4-5,7-8H2,(H,16,17). The molecule has 1 saturated carbocycles. The number of rotatable bonds is 4. The first-order chi connectivity index (χ1) is 10.1. The monoisotopic (exact) mass is 304 g/mol. The number of nitrogens with zero attached hydrogens (tertiary/aromatic N) is 1. The zero-order valence-electron chi connectivity index (χ0n) is 11.4. The van der Waals surface area contributed by atoms with E-state index >= 15 is 0 Å². The highest BCUT2D eigenvalue weighted by Crippen LogP contribution is 2.32. The molecule has 0 unspecified atom stereocenters. The molecule has 0 amide bonds. The van der Waals surface area contributed by atoms with E-state index in [0.29, 0.717) is 5.69 Å². The van der Waals surface area contributed by atoms with E-state index in [4.69, 9.17) is 0 Å². The van der Waals surface area contributed by atoms with Gasteiger partial charge in [0.15, 0.2) is 0 Å². The molecule has 4 rings (SSSR count). The summed E-state index contributed by atoms with van der Waals surface area (Å²) in [6.45, 7) is 1.59. The summed E-state index contributed by atoms with van der Waals surface area (Å²) < 4.78 is 26.7. The SMILES string of the molecule is O=S(=O)(Nc1cccc(-c2n[nH]c3c2CNC3)c1)C1CC1. The van der Waals surface area contributed by atoms with Gasteiger partial charge in [-0.2, -0.15) is 5.10 Å². The maximum atomic E-state index is 12.0. The highest BCUT2D eigenvalue weighted by molar-refractivity contribution is 7.93. The van der Waals surface area contributed by atoms with Crippen LogP contribution < -0.4 is 10.0 Å². The van der Waals surface area contributed by atoms with E-state index in [9.17, 15) is 8.42 Å². The van der Waals surface area contributed by atoms with Crippen LogP contribution in [0.3, 0.4) is 0 Å². The van der Waals surface area contributed by atoms with Gasteiger partial charge in [-0.1, -0.05) is 12.1 Å². The number of aromatic nitrogens is 2. The normalized spacial score (nSPS) is 17.7. The van der Waals surface area contributed by atoms with Crippen LogP contribution in [0.2, 0.25) is 0 Å². The molecule has 0 atom stereocenters. The van der Waals surface area contributed by atoms with Crippen molar-refractivity contribution in [2.75, 3.05) is 4.72 Å². The number of H-pyrrole nitrogens is 1. The number of sulfonamides is 1. The number of nitrogens with one attached hydrogen (secondary N) is 3. The Balaban J connectivity index is 1.66. The fourth-order valence-electron chi connectivity index (χ4n) is 2.65. The third-order valence-electron chi connectivity index (χ3n) is 3.92. The lowest BCUT2D eigenvalue weighted by Gasteiger charge is -2.08. The Kier molecular flexibility index (Phi) is 2.80. The van der Waals surface area contributed by atoms with Gasteiger partial charge in [0.2, 0.25) is 10.0 Å². The van der Waals surface area contributed by atoms with Crippen molar-refractivity contribution in [3.05, 3.63) is 35.5 Å². The molecule has 3 N–H and O–H groups in total. The van der Waals surface area contributed by atoms with E-state index in [-0.39, 0.29) is 5.25 Å². The molecule has 1 aromatic carbocycles. The van der Waals surface area contributed by atoms with Crippen molar-refractivity contribution in [2.24, 2.45) is 0 Å². The molecule has 0 saturated heterocycles. The van der Waals surface area contributed by atoms with E-state index < -0.39 is 10.0 Å². The van der Waals surface area contributed by atoms with E-state index in [1.807, 2.05) is 18.2 Å². The summed E-state index contributed by atoms with van der Waals surface area (Å²) in [7, 11) is -3.23. The second kappa shape index (κ2) is 4.57. The van der Waals surface area contributed by atoms with Crippen molar-refractivity contribution >= 4 is 15.7 Å². The van der Waals surface area contributed by atoms with Crippen LogP contribution >= 0.6 is 0 Å². The first-order valence-electron chi connectivity index (χ1n) is 7.02. The minimum Gasteiger partial charge on any atom is -0.307 e. The smallest absolute Gasteiger partial charge is 0.235 e. The molecule has 2 aromatic rings. The maximum absolute atomic E-state index is 12.0. The van der Waals surface area contributed by atoms with Crippen molar-refractivity contribution in [3.63, 3.8) is 0 Å². The Hall–Kier alpha value is -1.86. The second-order valence-electron chi connectivity index (χ2n) is 5.56. The Bertz CT molecular complexity index is 793. The van der Waals surface area contributed by atoms with Crippen LogP contribution in [0, 0.1) is 0 Å². The third kappa shape index (κ3) is 2.32. The summed E-state index contributed by atoms with van der Waals surface area (Å²) >= 11 is 0. The van der Waals surface area contributed by atoms with Gasteiger partial charge in [-0.25, -0.2) is 8.42 Å². The van der Waals surface area contributed by atoms with Gasteiger partial charge in [0.1, 0.15) is 0 Å². The lowest BCUT2D eigenvalue weighted by atomic mass is 10.1. The van der Waals surface area contributed by atoms with Gasteiger partial charge in [-0.3, -0.25) is 9.82 Å².